The van der Waals surface area contributed by atoms with Crippen molar-refractivity contribution in [2.75, 3.05) is 61.9 Å². The molecule has 0 unspecified atom stereocenters. The summed E-state index contributed by atoms with van der Waals surface area (Å²) in [5.41, 5.74) is 1.61. The van der Waals surface area contributed by atoms with Gasteiger partial charge in [-0.1, -0.05) is 6.58 Å². The Bertz CT molecular complexity index is 1790. The molecular weight excluding hydrogens is 603 g/mol. The summed E-state index contributed by atoms with van der Waals surface area (Å²) in [6, 6.07) is 12.0. The standard InChI is InChI=1S/C34H37FN8O4/c1-4-33(45)43-11-8-23(9-12-43)39-30-19-26-29(20-31(30)46-3)37-21-38-34(26)40-28-6-5-24(17-27(28)35)47-25-7-10-36-32(18-25)42-15-13-41(14-16-42)22(2)44/h4-7,10,17-21,23,39H,1,8-9,11-16H2,2-3H3,(H,37,38,40). The van der Waals surface area contributed by atoms with Crippen molar-refractivity contribution in [1.29, 1.82) is 0 Å². The molecule has 6 rings (SSSR count). The van der Waals surface area contributed by atoms with Crippen molar-refractivity contribution in [3.63, 3.8) is 0 Å². The van der Waals surface area contributed by atoms with E-state index in [0.717, 1.165) is 24.3 Å². The van der Waals surface area contributed by atoms with Crippen molar-refractivity contribution >= 4 is 45.7 Å². The lowest BCUT2D eigenvalue weighted by atomic mass is 10.0. The number of rotatable bonds is 9. The molecule has 0 spiro atoms. The molecule has 2 fully saturated rings. The van der Waals surface area contributed by atoms with Crippen LogP contribution in [0.3, 0.4) is 0 Å². The van der Waals surface area contributed by atoms with Gasteiger partial charge in [-0.2, -0.15) is 0 Å². The van der Waals surface area contributed by atoms with Crippen molar-refractivity contribution in [2.24, 2.45) is 0 Å². The van der Waals surface area contributed by atoms with Gasteiger partial charge >= 0.3 is 0 Å². The number of methoxy groups -OCH3 is 1. The average Bonchev–Trinajstić information content (AvgIpc) is 3.09. The first-order chi connectivity index (χ1) is 22.8. The van der Waals surface area contributed by atoms with Gasteiger partial charge in [0, 0.05) is 82.0 Å². The zero-order valence-corrected chi connectivity index (χ0v) is 26.4. The van der Waals surface area contributed by atoms with Gasteiger partial charge < -0.3 is 34.8 Å². The Kier molecular flexibility index (Phi) is 9.32. The number of nitrogens with zero attached hydrogens (tertiary/aromatic N) is 6. The van der Waals surface area contributed by atoms with E-state index >= 15 is 4.39 Å². The maximum atomic E-state index is 15.4. The lowest BCUT2D eigenvalue weighted by molar-refractivity contribution is -0.129. The molecular formula is C34H37FN8O4. The number of benzene rings is 2. The first kappa shape index (κ1) is 31.5. The first-order valence-corrected chi connectivity index (χ1v) is 15.5. The number of amides is 2. The van der Waals surface area contributed by atoms with Crippen LogP contribution in [0.2, 0.25) is 0 Å². The number of likely N-dealkylation sites (tertiary alicyclic amines) is 1. The summed E-state index contributed by atoms with van der Waals surface area (Å²) < 4.78 is 27.1. The van der Waals surface area contributed by atoms with Crippen LogP contribution in [-0.4, -0.2) is 89.0 Å². The van der Waals surface area contributed by atoms with Gasteiger partial charge in [-0.25, -0.2) is 19.3 Å². The molecule has 12 nitrogen and oxygen atoms in total. The van der Waals surface area contributed by atoms with Crippen LogP contribution >= 0.6 is 0 Å². The van der Waals surface area contributed by atoms with Gasteiger partial charge in [0.15, 0.2) is 0 Å². The molecule has 2 aliphatic rings. The molecule has 4 aromatic rings. The number of carbonyl (C=O) groups excluding carboxylic acids is 2. The minimum absolute atomic E-state index is 0.0602. The van der Waals surface area contributed by atoms with E-state index in [1.54, 1.807) is 43.3 Å². The second-order valence-corrected chi connectivity index (χ2v) is 11.5. The van der Waals surface area contributed by atoms with E-state index in [0.29, 0.717) is 73.2 Å². The molecule has 2 aliphatic heterocycles. The molecule has 2 N–H and O–H groups in total. The zero-order chi connectivity index (χ0) is 32.9. The number of piperidine rings is 1. The monoisotopic (exact) mass is 640 g/mol. The number of hydrogen-bond donors (Lipinski definition) is 2. The third-order valence-corrected chi connectivity index (χ3v) is 8.49. The summed E-state index contributed by atoms with van der Waals surface area (Å²) in [5.74, 6) is 2.14. The topological polar surface area (TPSA) is 125 Å². The van der Waals surface area contributed by atoms with Gasteiger partial charge in [0.05, 0.1) is 24.0 Å². The van der Waals surface area contributed by atoms with Crippen molar-refractivity contribution in [1.82, 2.24) is 24.8 Å². The van der Waals surface area contributed by atoms with Gasteiger partial charge in [-0.15, -0.1) is 0 Å². The molecule has 47 heavy (non-hydrogen) atoms. The summed E-state index contributed by atoms with van der Waals surface area (Å²) in [7, 11) is 1.60. The van der Waals surface area contributed by atoms with E-state index in [-0.39, 0.29) is 23.5 Å². The molecule has 2 amide bonds. The predicted molar refractivity (Wildman–Crippen MR) is 178 cm³/mol. The van der Waals surface area contributed by atoms with Crippen LogP contribution in [0.5, 0.6) is 17.2 Å². The molecule has 0 atom stereocenters. The van der Waals surface area contributed by atoms with E-state index in [4.69, 9.17) is 9.47 Å². The molecule has 2 aromatic heterocycles. The number of fused-ring (bicyclic) bond motifs is 1. The summed E-state index contributed by atoms with van der Waals surface area (Å²) in [6.45, 7) is 9.03. The maximum Gasteiger partial charge on any atom is 0.245 e. The molecule has 0 bridgehead atoms. The van der Waals surface area contributed by atoms with Gasteiger partial charge in [0.1, 0.15) is 41.0 Å². The second-order valence-electron chi connectivity index (χ2n) is 11.5. The van der Waals surface area contributed by atoms with E-state index in [1.807, 2.05) is 23.1 Å². The summed E-state index contributed by atoms with van der Waals surface area (Å²) in [6.07, 6.45) is 5.96. The van der Waals surface area contributed by atoms with Gasteiger partial charge in [-0.3, -0.25) is 9.59 Å². The van der Waals surface area contributed by atoms with E-state index < -0.39 is 5.82 Å². The normalized spacial score (nSPS) is 15.3. The van der Waals surface area contributed by atoms with Gasteiger partial charge in [0.2, 0.25) is 11.8 Å². The van der Waals surface area contributed by atoms with Crippen LogP contribution in [0.4, 0.5) is 27.4 Å². The van der Waals surface area contributed by atoms with Crippen LogP contribution in [-0.2, 0) is 9.59 Å². The average molecular weight is 641 g/mol. The third kappa shape index (κ3) is 7.19. The summed E-state index contributed by atoms with van der Waals surface area (Å²) in [4.78, 5) is 42.6. The van der Waals surface area contributed by atoms with Crippen molar-refractivity contribution in [3.8, 4) is 17.2 Å². The molecule has 244 valence electrons. The highest BCUT2D eigenvalue weighted by Crippen LogP contribution is 2.35. The highest BCUT2D eigenvalue weighted by molar-refractivity contribution is 5.95. The maximum absolute atomic E-state index is 15.4. The fraction of sp³-hybridized carbons (Fsp3) is 0.324. The zero-order valence-electron chi connectivity index (χ0n) is 26.4. The number of nitrogens with one attached hydrogen (secondary N) is 2. The van der Waals surface area contributed by atoms with Gasteiger partial charge in [0.25, 0.3) is 0 Å². The summed E-state index contributed by atoms with van der Waals surface area (Å²) >= 11 is 0. The van der Waals surface area contributed by atoms with E-state index in [1.165, 1.54) is 18.5 Å². The van der Waals surface area contributed by atoms with E-state index in [9.17, 15) is 9.59 Å². The number of piperazine rings is 1. The molecule has 2 aromatic carbocycles. The third-order valence-electron chi connectivity index (χ3n) is 8.49. The lowest BCUT2D eigenvalue weighted by Crippen LogP contribution is -2.48. The van der Waals surface area contributed by atoms with Crippen molar-refractivity contribution < 1.29 is 23.5 Å². The molecule has 0 saturated carbocycles. The minimum Gasteiger partial charge on any atom is -0.495 e. The summed E-state index contributed by atoms with van der Waals surface area (Å²) in [5, 5.41) is 7.35. The Labute approximate surface area is 272 Å². The number of hydrogen-bond acceptors (Lipinski definition) is 10. The first-order valence-electron chi connectivity index (χ1n) is 15.5. The smallest absolute Gasteiger partial charge is 0.245 e. The van der Waals surface area contributed by atoms with Gasteiger partial charge in [-0.05, 0) is 43.2 Å². The second kappa shape index (κ2) is 13.9. The Morgan fingerprint density at radius 1 is 0.936 bits per heavy atom. The Hall–Kier alpha value is -5.46. The van der Waals surface area contributed by atoms with Crippen molar-refractivity contribution in [3.05, 3.63) is 73.5 Å². The highest BCUT2D eigenvalue weighted by Gasteiger charge is 2.23. The molecule has 13 heteroatoms. The Morgan fingerprint density at radius 3 is 2.40 bits per heavy atom. The SMILES string of the molecule is C=CC(=O)N1CCC(Nc2cc3c(Nc4ccc(Oc5ccnc(N6CCN(C(C)=O)CC6)c5)cc4F)ncnc3cc2OC)CC1. The number of halogens is 1. The quantitative estimate of drug-likeness (QED) is 0.243. The van der Waals surface area contributed by atoms with Crippen LogP contribution in [0.1, 0.15) is 19.8 Å². The van der Waals surface area contributed by atoms with Crippen molar-refractivity contribution in [2.45, 2.75) is 25.8 Å². The minimum atomic E-state index is -0.517. The molecule has 0 aliphatic carbocycles. The van der Waals surface area contributed by atoms with E-state index in [2.05, 4.69) is 37.1 Å². The fourth-order valence-corrected chi connectivity index (χ4v) is 5.87. The number of pyridine rings is 1. The van der Waals surface area contributed by atoms with Crippen LogP contribution in [0, 0.1) is 5.82 Å². The van der Waals surface area contributed by atoms with Crippen LogP contribution < -0.4 is 25.0 Å². The van der Waals surface area contributed by atoms with Crippen LogP contribution in [0.15, 0.2) is 67.6 Å². The van der Waals surface area contributed by atoms with Crippen LogP contribution in [0.25, 0.3) is 10.9 Å². The number of ether oxygens (including phenoxy) is 2. The highest BCUT2D eigenvalue weighted by atomic mass is 19.1. The predicted octanol–water partition coefficient (Wildman–Crippen LogP) is 4.97. The Balaban J connectivity index is 1.15. The Morgan fingerprint density at radius 2 is 1.70 bits per heavy atom. The largest absolute Gasteiger partial charge is 0.495 e. The number of carbonyl (C=O) groups is 2. The fourth-order valence-electron chi connectivity index (χ4n) is 5.87. The molecule has 4 heterocycles. The number of anilines is 4. The number of aromatic nitrogens is 3. The molecule has 2 saturated heterocycles. The molecule has 0 radical (unpaired) electrons. The lowest BCUT2D eigenvalue weighted by Gasteiger charge is -2.34.